The summed E-state index contributed by atoms with van der Waals surface area (Å²) in [4.78, 5) is 0. The first-order chi connectivity index (χ1) is 8.89. The topological polar surface area (TPSA) is 9.23 Å². The van der Waals surface area contributed by atoms with Gasteiger partial charge in [-0.05, 0) is 22.7 Å². The van der Waals surface area contributed by atoms with Gasteiger partial charge in [-0.25, -0.2) is 0 Å². The maximum atomic E-state index is 5.30. The molecule has 0 radical (unpaired) electrons. The van der Waals surface area contributed by atoms with Crippen LogP contribution in [0.15, 0.2) is 24.8 Å². The molecule has 1 nitrogen and oxygen atoms in total. The summed E-state index contributed by atoms with van der Waals surface area (Å²) in [5, 5.41) is 0. The highest BCUT2D eigenvalue weighted by Gasteiger charge is 2.41. The van der Waals surface area contributed by atoms with Gasteiger partial charge in [-0.1, -0.05) is 59.6 Å². The van der Waals surface area contributed by atoms with Crippen molar-refractivity contribution in [3.05, 3.63) is 24.8 Å². The van der Waals surface area contributed by atoms with Crippen LogP contribution in [-0.2, 0) is 4.74 Å². The Morgan fingerprint density at radius 2 is 1.53 bits per heavy atom. The second-order valence-electron chi connectivity index (χ2n) is 5.89. The molecular formula is C17H30OSi. The number of ether oxygens (including phenoxy) is 1. The van der Waals surface area contributed by atoms with Crippen molar-refractivity contribution < 1.29 is 4.74 Å². The van der Waals surface area contributed by atoms with Crippen molar-refractivity contribution in [1.29, 1.82) is 0 Å². The van der Waals surface area contributed by atoms with Gasteiger partial charge in [-0.15, -0.1) is 12.1 Å². The van der Waals surface area contributed by atoms with Gasteiger partial charge in [0.25, 0.3) is 0 Å². The Hall–Kier alpha value is -0.783. The van der Waals surface area contributed by atoms with Gasteiger partial charge in [-0.2, -0.15) is 0 Å². The molecule has 0 bridgehead atoms. The first-order valence-electron chi connectivity index (χ1n) is 7.25. The molecular weight excluding hydrogens is 248 g/mol. The smallest absolute Gasteiger partial charge is 0.146 e. The molecule has 0 saturated carbocycles. The average Bonchev–Trinajstić information content (AvgIpc) is 2.31. The van der Waals surface area contributed by atoms with Crippen molar-refractivity contribution in [3.63, 3.8) is 0 Å². The number of rotatable bonds is 7. The standard InChI is InChI=1S/C17H30OSi/c1-8-12-18-13-10-9-11-14-19(15(2)3,16(4)5)17(6)7/h8-10,15-17H,1,12-13H2,2-7H3/b10-9+. The average molecular weight is 279 g/mol. The van der Waals surface area contributed by atoms with Crippen molar-refractivity contribution in [1.82, 2.24) is 0 Å². The van der Waals surface area contributed by atoms with Crippen LogP contribution in [0.25, 0.3) is 0 Å². The third-order valence-electron chi connectivity index (χ3n) is 3.81. The van der Waals surface area contributed by atoms with Crippen molar-refractivity contribution >= 4 is 8.07 Å². The van der Waals surface area contributed by atoms with E-state index in [9.17, 15) is 0 Å². The summed E-state index contributed by atoms with van der Waals surface area (Å²) in [5.41, 5.74) is 5.71. The predicted molar refractivity (Wildman–Crippen MR) is 89.0 cm³/mol. The van der Waals surface area contributed by atoms with E-state index in [4.69, 9.17) is 4.74 Å². The fraction of sp³-hybridized carbons (Fsp3) is 0.647. The molecule has 19 heavy (non-hydrogen) atoms. The zero-order chi connectivity index (χ0) is 14.9. The van der Waals surface area contributed by atoms with Crippen molar-refractivity contribution in [2.75, 3.05) is 13.2 Å². The molecule has 0 heterocycles. The molecule has 0 N–H and O–H groups in total. The zero-order valence-electron chi connectivity index (χ0n) is 13.5. The minimum Gasteiger partial charge on any atom is -0.373 e. The van der Waals surface area contributed by atoms with Crippen molar-refractivity contribution in [2.24, 2.45) is 0 Å². The molecule has 0 aliphatic carbocycles. The van der Waals surface area contributed by atoms with Gasteiger partial charge >= 0.3 is 0 Å². The van der Waals surface area contributed by atoms with Crippen LogP contribution in [0.5, 0.6) is 0 Å². The Balaban J connectivity index is 4.80. The van der Waals surface area contributed by atoms with Crippen molar-refractivity contribution in [3.8, 4) is 11.5 Å². The minimum absolute atomic E-state index is 0.598. The monoisotopic (exact) mass is 278 g/mol. The lowest BCUT2D eigenvalue weighted by Gasteiger charge is -2.37. The Bertz CT molecular complexity index is 320. The zero-order valence-corrected chi connectivity index (χ0v) is 14.5. The van der Waals surface area contributed by atoms with Gasteiger partial charge in [0, 0.05) is 0 Å². The molecule has 0 aliphatic heterocycles. The van der Waals surface area contributed by atoms with Gasteiger partial charge < -0.3 is 4.74 Å². The van der Waals surface area contributed by atoms with E-state index in [0.717, 1.165) is 0 Å². The number of hydrogen-bond acceptors (Lipinski definition) is 1. The molecule has 0 saturated heterocycles. The summed E-state index contributed by atoms with van der Waals surface area (Å²) >= 11 is 0. The van der Waals surface area contributed by atoms with E-state index < -0.39 is 8.07 Å². The molecule has 0 fully saturated rings. The van der Waals surface area contributed by atoms with Crippen LogP contribution in [0, 0.1) is 11.5 Å². The Morgan fingerprint density at radius 1 is 1.00 bits per heavy atom. The van der Waals surface area contributed by atoms with Gasteiger partial charge in [0.2, 0.25) is 0 Å². The van der Waals surface area contributed by atoms with Crippen LogP contribution in [-0.4, -0.2) is 21.3 Å². The van der Waals surface area contributed by atoms with E-state index in [1.807, 2.05) is 12.2 Å². The molecule has 0 atom stereocenters. The second kappa shape index (κ2) is 9.17. The fourth-order valence-corrected chi connectivity index (χ4v) is 8.13. The molecule has 0 rings (SSSR count). The summed E-state index contributed by atoms with van der Waals surface area (Å²) in [7, 11) is -1.57. The van der Waals surface area contributed by atoms with Crippen molar-refractivity contribution in [2.45, 2.75) is 58.2 Å². The summed E-state index contributed by atoms with van der Waals surface area (Å²) in [6.07, 6.45) is 5.68. The lowest BCUT2D eigenvalue weighted by atomic mass is 10.5. The first-order valence-corrected chi connectivity index (χ1v) is 9.49. The summed E-state index contributed by atoms with van der Waals surface area (Å²) in [5.74, 6) is 3.27. The van der Waals surface area contributed by atoms with Crippen LogP contribution >= 0.6 is 0 Å². The molecule has 0 aromatic carbocycles. The molecule has 0 aromatic heterocycles. The lowest BCUT2D eigenvalue weighted by Crippen LogP contribution is -2.43. The molecule has 0 aromatic rings. The first kappa shape index (κ1) is 18.2. The SMILES string of the molecule is C=CCOC/C=C/C#C[Si](C(C)C)(C(C)C)C(C)C. The normalized spacial score (nSPS) is 12.3. The van der Waals surface area contributed by atoms with Crippen LogP contribution < -0.4 is 0 Å². The summed E-state index contributed by atoms with van der Waals surface area (Å²) in [6, 6.07) is 0. The maximum absolute atomic E-state index is 5.30. The van der Waals surface area contributed by atoms with Crippen LogP contribution in [0.4, 0.5) is 0 Å². The minimum atomic E-state index is -1.57. The van der Waals surface area contributed by atoms with Crippen LogP contribution in [0.1, 0.15) is 41.5 Å². The third-order valence-corrected chi connectivity index (χ3v) is 10.1. The third kappa shape index (κ3) is 5.38. The molecule has 0 spiro atoms. The predicted octanol–water partition coefficient (Wildman–Crippen LogP) is 4.97. The van der Waals surface area contributed by atoms with E-state index >= 15 is 0 Å². The highest BCUT2D eigenvalue weighted by molar-refractivity contribution is 6.90. The Kier molecular flexibility index (Phi) is 8.80. The summed E-state index contributed by atoms with van der Waals surface area (Å²) < 4.78 is 5.30. The maximum Gasteiger partial charge on any atom is 0.146 e. The van der Waals surface area contributed by atoms with E-state index in [1.165, 1.54) is 0 Å². The summed E-state index contributed by atoms with van der Waals surface area (Å²) in [6.45, 7) is 18.8. The number of allylic oxidation sites excluding steroid dienone is 1. The quantitative estimate of drug-likeness (QED) is 0.276. The fourth-order valence-electron chi connectivity index (χ4n) is 2.93. The van der Waals surface area contributed by atoms with Crippen LogP contribution in [0.2, 0.25) is 16.6 Å². The Morgan fingerprint density at radius 3 is 1.95 bits per heavy atom. The Labute approximate surface area is 121 Å². The van der Waals surface area contributed by atoms with E-state index in [2.05, 4.69) is 59.6 Å². The number of hydrogen-bond donors (Lipinski definition) is 0. The van der Waals surface area contributed by atoms with Gasteiger partial charge in [0.15, 0.2) is 0 Å². The molecule has 0 amide bonds. The second-order valence-corrected chi connectivity index (χ2v) is 11.5. The molecule has 0 aliphatic rings. The molecule has 0 unspecified atom stereocenters. The van der Waals surface area contributed by atoms with Crippen LogP contribution in [0.3, 0.4) is 0 Å². The highest BCUT2D eigenvalue weighted by atomic mass is 28.3. The van der Waals surface area contributed by atoms with Gasteiger partial charge in [0.1, 0.15) is 8.07 Å². The highest BCUT2D eigenvalue weighted by Crippen LogP contribution is 2.40. The van der Waals surface area contributed by atoms with E-state index in [-0.39, 0.29) is 0 Å². The molecule has 108 valence electrons. The van der Waals surface area contributed by atoms with Gasteiger partial charge in [0.05, 0.1) is 13.2 Å². The largest absolute Gasteiger partial charge is 0.373 e. The van der Waals surface area contributed by atoms with E-state index in [0.29, 0.717) is 29.8 Å². The molecule has 2 heteroatoms. The van der Waals surface area contributed by atoms with E-state index in [1.54, 1.807) is 6.08 Å². The van der Waals surface area contributed by atoms with Gasteiger partial charge in [-0.3, -0.25) is 0 Å². The lowest BCUT2D eigenvalue weighted by molar-refractivity contribution is 0.194.